The summed E-state index contributed by atoms with van der Waals surface area (Å²) in [4.78, 5) is 4.23. The van der Waals surface area contributed by atoms with Gasteiger partial charge >= 0.3 is 0 Å². The van der Waals surface area contributed by atoms with Crippen LogP contribution in [-0.2, 0) is 10.0 Å². The molecule has 0 aliphatic rings. The van der Waals surface area contributed by atoms with Crippen molar-refractivity contribution in [2.45, 2.75) is 24.8 Å². The van der Waals surface area contributed by atoms with E-state index in [-0.39, 0.29) is 23.3 Å². The number of halogens is 1. The molecule has 2 rings (SSSR count). The van der Waals surface area contributed by atoms with Gasteiger partial charge in [0.25, 0.3) is 0 Å². The van der Waals surface area contributed by atoms with Crippen molar-refractivity contribution in [1.29, 1.82) is 0 Å². The quantitative estimate of drug-likeness (QED) is 0.760. The molecule has 1 aromatic carbocycles. The Morgan fingerprint density at radius 3 is 2.43 bits per heavy atom. The fraction of sp³-hybridized carbons (Fsp3) is 0.312. The van der Waals surface area contributed by atoms with Crippen molar-refractivity contribution < 1.29 is 12.8 Å². The molecule has 0 radical (unpaired) electrons. The third kappa shape index (κ3) is 5.09. The van der Waals surface area contributed by atoms with Crippen LogP contribution in [0.1, 0.15) is 24.2 Å². The Hall–Kier alpha value is -1.83. The second kappa shape index (κ2) is 7.63. The van der Waals surface area contributed by atoms with E-state index >= 15 is 0 Å². The maximum atomic E-state index is 12.8. The largest absolute Gasteiger partial charge is 0.308 e. The van der Waals surface area contributed by atoms with Crippen LogP contribution in [0.5, 0.6) is 0 Å². The maximum Gasteiger partial charge on any atom is 0.240 e. The van der Waals surface area contributed by atoms with Gasteiger partial charge < -0.3 is 5.32 Å². The summed E-state index contributed by atoms with van der Waals surface area (Å²) in [6.45, 7) is 4.47. The van der Waals surface area contributed by atoms with Gasteiger partial charge in [-0.2, -0.15) is 0 Å². The van der Waals surface area contributed by atoms with E-state index < -0.39 is 10.0 Å². The van der Waals surface area contributed by atoms with Gasteiger partial charge in [-0.25, -0.2) is 17.5 Å². The molecule has 2 aromatic rings. The van der Waals surface area contributed by atoms with E-state index in [4.69, 9.17) is 0 Å². The predicted molar refractivity (Wildman–Crippen MR) is 87.0 cm³/mol. The van der Waals surface area contributed by atoms with E-state index in [9.17, 15) is 12.8 Å². The molecular weight excluding hydrogens is 317 g/mol. The second-order valence-electron chi connectivity index (χ2n) is 5.29. The van der Waals surface area contributed by atoms with Crippen LogP contribution in [0.4, 0.5) is 4.39 Å². The van der Waals surface area contributed by atoms with E-state index in [0.717, 1.165) is 11.8 Å². The van der Waals surface area contributed by atoms with Crippen molar-refractivity contribution in [3.8, 4) is 0 Å². The Labute approximate surface area is 136 Å². The van der Waals surface area contributed by atoms with Crippen molar-refractivity contribution in [3.05, 3.63) is 59.7 Å². The standard InChI is InChI=1S/C16H20FN3O2S/c1-12-3-6-15(7-4-12)23(21,22)20-10-9-18-13(2)16-8-5-14(17)11-19-16/h3-8,11,13,18,20H,9-10H2,1-2H3/t13-/m0/s1. The lowest BCUT2D eigenvalue weighted by atomic mass is 10.2. The van der Waals surface area contributed by atoms with Crippen LogP contribution in [0.2, 0.25) is 0 Å². The Bertz CT molecular complexity index is 731. The van der Waals surface area contributed by atoms with Crippen LogP contribution in [0.25, 0.3) is 0 Å². The van der Waals surface area contributed by atoms with E-state index in [1.165, 1.54) is 6.07 Å². The highest BCUT2D eigenvalue weighted by molar-refractivity contribution is 7.89. The molecule has 2 N–H and O–H groups in total. The normalized spacial score (nSPS) is 13.0. The molecule has 0 fully saturated rings. The highest BCUT2D eigenvalue weighted by Crippen LogP contribution is 2.10. The number of sulfonamides is 1. The summed E-state index contributed by atoms with van der Waals surface area (Å²) in [5, 5.41) is 3.14. The third-order valence-electron chi connectivity index (χ3n) is 3.39. The number of benzene rings is 1. The van der Waals surface area contributed by atoms with Crippen LogP contribution in [-0.4, -0.2) is 26.5 Å². The molecule has 1 aromatic heterocycles. The molecule has 0 spiro atoms. The van der Waals surface area contributed by atoms with Crippen molar-refractivity contribution >= 4 is 10.0 Å². The van der Waals surface area contributed by atoms with Crippen molar-refractivity contribution in [2.24, 2.45) is 0 Å². The molecule has 7 heteroatoms. The molecule has 1 atom stereocenters. The van der Waals surface area contributed by atoms with Crippen molar-refractivity contribution in [1.82, 2.24) is 15.0 Å². The molecule has 0 aliphatic heterocycles. The fourth-order valence-corrected chi connectivity index (χ4v) is 3.05. The molecule has 5 nitrogen and oxygen atoms in total. The Kier molecular flexibility index (Phi) is 5.81. The van der Waals surface area contributed by atoms with Gasteiger partial charge in [-0.05, 0) is 38.1 Å². The molecule has 0 saturated heterocycles. The highest BCUT2D eigenvalue weighted by Gasteiger charge is 2.13. The third-order valence-corrected chi connectivity index (χ3v) is 4.87. The summed E-state index contributed by atoms with van der Waals surface area (Å²) in [5.41, 5.74) is 1.71. The number of nitrogens with one attached hydrogen (secondary N) is 2. The van der Waals surface area contributed by atoms with E-state index in [0.29, 0.717) is 12.2 Å². The number of nitrogens with zero attached hydrogens (tertiary/aromatic N) is 1. The molecule has 0 bridgehead atoms. The average Bonchev–Trinajstić information content (AvgIpc) is 2.52. The van der Waals surface area contributed by atoms with Crippen LogP contribution in [0.15, 0.2) is 47.5 Å². The first-order chi connectivity index (χ1) is 10.9. The minimum absolute atomic E-state index is 0.0977. The van der Waals surface area contributed by atoms with Gasteiger partial charge in [0.1, 0.15) is 5.82 Å². The van der Waals surface area contributed by atoms with E-state index in [2.05, 4.69) is 15.0 Å². The highest BCUT2D eigenvalue weighted by atomic mass is 32.2. The zero-order valence-corrected chi connectivity index (χ0v) is 13.9. The molecule has 0 saturated carbocycles. The SMILES string of the molecule is Cc1ccc(S(=O)(=O)NCCN[C@@H](C)c2ccc(F)cn2)cc1. The van der Waals surface area contributed by atoms with Crippen LogP contribution in [0.3, 0.4) is 0 Å². The minimum Gasteiger partial charge on any atom is -0.308 e. The predicted octanol–water partition coefficient (Wildman–Crippen LogP) is 2.16. The first-order valence-electron chi connectivity index (χ1n) is 7.29. The average molecular weight is 337 g/mol. The lowest BCUT2D eigenvalue weighted by molar-refractivity contribution is 0.543. The Balaban J connectivity index is 1.82. The van der Waals surface area contributed by atoms with Crippen molar-refractivity contribution in [3.63, 3.8) is 0 Å². The second-order valence-corrected chi connectivity index (χ2v) is 7.05. The van der Waals surface area contributed by atoms with Gasteiger partial charge in [-0.1, -0.05) is 17.7 Å². The molecule has 23 heavy (non-hydrogen) atoms. The van der Waals surface area contributed by atoms with Gasteiger partial charge in [0.15, 0.2) is 0 Å². The van der Waals surface area contributed by atoms with E-state index in [1.54, 1.807) is 30.3 Å². The first kappa shape index (κ1) is 17.5. The molecule has 0 aliphatic carbocycles. The van der Waals surface area contributed by atoms with Crippen LogP contribution in [0, 0.1) is 12.7 Å². The Morgan fingerprint density at radius 1 is 1.13 bits per heavy atom. The number of aryl methyl sites for hydroxylation is 1. The lowest BCUT2D eigenvalue weighted by Crippen LogP contribution is -2.33. The number of rotatable bonds is 7. The van der Waals surface area contributed by atoms with Gasteiger partial charge in [0.2, 0.25) is 10.0 Å². The first-order valence-corrected chi connectivity index (χ1v) is 8.78. The monoisotopic (exact) mass is 337 g/mol. The number of pyridine rings is 1. The minimum atomic E-state index is -3.50. The van der Waals surface area contributed by atoms with Crippen molar-refractivity contribution in [2.75, 3.05) is 13.1 Å². The molecule has 0 unspecified atom stereocenters. The summed E-state index contributed by atoms with van der Waals surface area (Å²) in [7, 11) is -3.50. The summed E-state index contributed by atoms with van der Waals surface area (Å²) in [6, 6.07) is 9.53. The summed E-state index contributed by atoms with van der Waals surface area (Å²) >= 11 is 0. The molecular formula is C16H20FN3O2S. The summed E-state index contributed by atoms with van der Waals surface area (Å²) in [6.07, 6.45) is 1.16. The number of aromatic nitrogens is 1. The topological polar surface area (TPSA) is 71.1 Å². The van der Waals surface area contributed by atoms with Gasteiger partial charge in [-0.3, -0.25) is 4.98 Å². The van der Waals surface area contributed by atoms with Gasteiger partial charge in [0.05, 0.1) is 16.8 Å². The number of hydrogen-bond donors (Lipinski definition) is 2. The lowest BCUT2D eigenvalue weighted by Gasteiger charge is -2.13. The molecule has 124 valence electrons. The van der Waals surface area contributed by atoms with Gasteiger partial charge in [0, 0.05) is 19.1 Å². The zero-order chi connectivity index (χ0) is 16.9. The molecule has 0 amide bonds. The van der Waals surface area contributed by atoms with Gasteiger partial charge in [-0.15, -0.1) is 0 Å². The summed E-state index contributed by atoms with van der Waals surface area (Å²) < 4.78 is 39.6. The van der Waals surface area contributed by atoms with E-state index in [1.807, 2.05) is 13.8 Å². The Morgan fingerprint density at radius 2 is 1.83 bits per heavy atom. The summed E-state index contributed by atoms with van der Waals surface area (Å²) in [5.74, 6) is -0.383. The van der Waals surface area contributed by atoms with Crippen LogP contribution < -0.4 is 10.0 Å². The van der Waals surface area contributed by atoms with Crippen LogP contribution >= 0.6 is 0 Å². The smallest absolute Gasteiger partial charge is 0.240 e. The molecule has 1 heterocycles. The fourth-order valence-electron chi connectivity index (χ4n) is 2.02. The number of hydrogen-bond acceptors (Lipinski definition) is 4. The maximum absolute atomic E-state index is 12.8. The zero-order valence-electron chi connectivity index (χ0n) is 13.1.